The van der Waals surface area contributed by atoms with Crippen LogP contribution >= 0.6 is 0 Å². The Morgan fingerprint density at radius 1 is 1.61 bits per heavy atom. The summed E-state index contributed by atoms with van der Waals surface area (Å²) in [5.41, 5.74) is 7.51. The molecule has 18 heavy (non-hydrogen) atoms. The topological polar surface area (TPSA) is 62.3 Å². The van der Waals surface area contributed by atoms with Crippen LogP contribution in [0.25, 0.3) is 0 Å². The first-order valence-electron chi connectivity index (χ1n) is 5.93. The van der Waals surface area contributed by atoms with E-state index in [1.54, 1.807) is 6.07 Å². The summed E-state index contributed by atoms with van der Waals surface area (Å²) in [4.78, 5) is 2.02. The molecule has 1 unspecified atom stereocenters. The van der Waals surface area contributed by atoms with Gasteiger partial charge in [0.15, 0.2) is 6.10 Å². The zero-order valence-corrected chi connectivity index (χ0v) is 10.3. The highest BCUT2D eigenvalue weighted by Crippen LogP contribution is 2.27. The molecule has 1 saturated heterocycles. The van der Waals surface area contributed by atoms with E-state index in [0.717, 1.165) is 11.3 Å². The highest BCUT2D eigenvalue weighted by molar-refractivity contribution is 5.55. The lowest BCUT2D eigenvalue weighted by Crippen LogP contribution is -2.42. The molecule has 1 aliphatic heterocycles. The van der Waals surface area contributed by atoms with Crippen LogP contribution in [0.3, 0.4) is 0 Å². The van der Waals surface area contributed by atoms with E-state index in [1.807, 2.05) is 11.8 Å². The summed E-state index contributed by atoms with van der Waals surface area (Å²) in [5.74, 6) is -0.295. The predicted octanol–water partition coefficient (Wildman–Crippen LogP) is 1.57. The van der Waals surface area contributed by atoms with Crippen molar-refractivity contribution in [1.29, 1.82) is 5.26 Å². The minimum absolute atomic E-state index is 0.251. The second kappa shape index (κ2) is 5.34. The Morgan fingerprint density at radius 2 is 2.39 bits per heavy atom. The van der Waals surface area contributed by atoms with E-state index in [2.05, 4.69) is 6.07 Å². The van der Waals surface area contributed by atoms with Crippen molar-refractivity contribution < 1.29 is 9.13 Å². The summed E-state index contributed by atoms with van der Waals surface area (Å²) in [7, 11) is 0. The molecule has 0 aromatic heterocycles. The number of anilines is 1. The van der Waals surface area contributed by atoms with Crippen LogP contribution in [0.1, 0.15) is 18.5 Å². The maximum Gasteiger partial charge on any atom is 0.161 e. The molecule has 2 atom stereocenters. The standard InChI is InChI=1S/C13H16FN3O/c1-9(16)12-6-10(14)2-3-13(12)17-4-5-18-11(7-15)8-17/h2-3,6,9,11H,4-5,8,16H2,1H3/t9-,11?/m0/s1. The van der Waals surface area contributed by atoms with E-state index in [1.165, 1.54) is 12.1 Å². The van der Waals surface area contributed by atoms with Gasteiger partial charge in [-0.3, -0.25) is 0 Å². The van der Waals surface area contributed by atoms with E-state index >= 15 is 0 Å². The Balaban J connectivity index is 2.30. The van der Waals surface area contributed by atoms with Gasteiger partial charge in [0.2, 0.25) is 0 Å². The van der Waals surface area contributed by atoms with Crippen LogP contribution in [0.15, 0.2) is 18.2 Å². The van der Waals surface area contributed by atoms with Crippen LogP contribution in [0.2, 0.25) is 0 Å². The average Bonchev–Trinajstić information content (AvgIpc) is 2.38. The fourth-order valence-corrected chi connectivity index (χ4v) is 2.12. The Labute approximate surface area is 106 Å². The van der Waals surface area contributed by atoms with E-state index in [0.29, 0.717) is 19.7 Å². The molecule has 1 aromatic rings. The number of hydrogen-bond acceptors (Lipinski definition) is 4. The van der Waals surface area contributed by atoms with Crippen LogP contribution in [-0.4, -0.2) is 25.8 Å². The molecule has 0 radical (unpaired) electrons. The first-order chi connectivity index (χ1) is 8.61. The quantitative estimate of drug-likeness (QED) is 0.864. The second-order valence-electron chi connectivity index (χ2n) is 4.43. The first kappa shape index (κ1) is 12.8. The zero-order valence-electron chi connectivity index (χ0n) is 10.3. The number of halogens is 1. The van der Waals surface area contributed by atoms with Gasteiger partial charge < -0.3 is 15.4 Å². The first-order valence-corrected chi connectivity index (χ1v) is 5.93. The monoisotopic (exact) mass is 249 g/mol. The molecule has 1 fully saturated rings. The van der Waals surface area contributed by atoms with Crippen molar-refractivity contribution in [2.75, 3.05) is 24.6 Å². The largest absolute Gasteiger partial charge is 0.365 e. The second-order valence-corrected chi connectivity index (χ2v) is 4.43. The fourth-order valence-electron chi connectivity index (χ4n) is 2.12. The van der Waals surface area contributed by atoms with Gasteiger partial charge in [0, 0.05) is 18.3 Å². The summed E-state index contributed by atoms with van der Waals surface area (Å²) >= 11 is 0. The van der Waals surface area contributed by atoms with E-state index < -0.39 is 6.10 Å². The van der Waals surface area contributed by atoms with Gasteiger partial charge in [0.25, 0.3) is 0 Å². The van der Waals surface area contributed by atoms with Crippen LogP contribution < -0.4 is 10.6 Å². The molecular formula is C13H16FN3O. The van der Waals surface area contributed by atoms with Gasteiger partial charge in [-0.2, -0.15) is 5.26 Å². The number of morpholine rings is 1. The molecule has 0 bridgehead atoms. The van der Waals surface area contributed by atoms with Crippen molar-refractivity contribution >= 4 is 5.69 Å². The number of nitrogens with zero attached hydrogens (tertiary/aromatic N) is 2. The minimum Gasteiger partial charge on any atom is -0.365 e. The van der Waals surface area contributed by atoms with Gasteiger partial charge in [0.05, 0.1) is 19.2 Å². The van der Waals surface area contributed by atoms with Crippen molar-refractivity contribution in [3.8, 4) is 6.07 Å². The number of benzene rings is 1. The molecule has 0 spiro atoms. The lowest BCUT2D eigenvalue weighted by Gasteiger charge is -2.33. The normalized spacial score (nSPS) is 21.4. The zero-order chi connectivity index (χ0) is 13.1. The summed E-state index contributed by atoms with van der Waals surface area (Å²) in [6.07, 6.45) is -0.440. The molecule has 0 aliphatic carbocycles. The van der Waals surface area contributed by atoms with Crippen molar-refractivity contribution in [1.82, 2.24) is 0 Å². The third kappa shape index (κ3) is 2.61. The SMILES string of the molecule is C[C@H](N)c1cc(F)ccc1N1CCOC(C#N)C1. The Kier molecular flexibility index (Phi) is 3.80. The number of hydrogen-bond donors (Lipinski definition) is 1. The Hall–Kier alpha value is -1.64. The fraction of sp³-hybridized carbons (Fsp3) is 0.462. The maximum atomic E-state index is 13.3. The highest BCUT2D eigenvalue weighted by atomic mass is 19.1. The number of nitriles is 1. The number of nitrogens with two attached hydrogens (primary N) is 1. The van der Waals surface area contributed by atoms with Gasteiger partial charge in [-0.15, -0.1) is 0 Å². The van der Waals surface area contributed by atoms with Crippen molar-refractivity contribution in [2.24, 2.45) is 5.73 Å². The smallest absolute Gasteiger partial charge is 0.161 e. The van der Waals surface area contributed by atoms with E-state index in [9.17, 15) is 4.39 Å². The molecule has 2 N–H and O–H groups in total. The van der Waals surface area contributed by atoms with Gasteiger partial charge in [-0.05, 0) is 30.7 Å². The average molecular weight is 249 g/mol. The van der Waals surface area contributed by atoms with Gasteiger partial charge in [0.1, 0.15) is 5.82 Å². The van der Waals surface area contributed by atoms with Gasteiger partial charge >= 0.3 is 0 Å². The van der Waals surface area contributed by atoms with Crippen molar-refractivity contribution in [3.63, 3.8) is 0 Å². The molecule has 0 saturated carbocycles. The lowest BCUT2D eigenvalue weighted by atomic mass is 10.0. The molecule has 1 heterocycles. The summed E-state index contributed by atoms with van der Waals surface area (Å²) in [5, 5.41) is 8.89. The third-order valence-electron chi connectivity index (χ3n) is 3.03. The van der Waals surface area contributed by atoms with Crippen LogP contribution in [0.4, 0.5) is 10.1 Å². The minimum atomic E-state index is -0.440. The molecule has 0 amide bonds. The summed E-state index contributed by atoms with van der Waals surface area (Å²) < 4.78 is 18.6. The summed E-state index contributed by atoms with van der Waals surface area (Å²) in [6, 6.07) is 6.43. The Morgan fingerprint density at radius 3 is 3.06 bits per heavy atom. The van der Waals surface area contributed by atoms with Crippen LogP contribution in [-0.2, 0) is 4.74 Å². The maximum absolute atomic E-state index is 13.3. The van der Waals surface area contributed by atoms with E-state index in [-0.39, 0.29) is 11.9 Å². The molecule has 96 valence electrons. The third-order valence-corrected chi connectivity index (χ3v) is 3.03. The van der Waals surface area contributed by atoms with Crippen molar-refractivity contribution in [3.05, 3.63) is 29.6 Å². The molecular weight excluding hydrogens is 233 g/mol. The predicted molar refractivity (Wildman–Crippen MR) is 66.6 cm³/mol. The number of rotatable bonds is 2. The molecule has 1 aliphatic rings. The van der Waals surface area contributed by atoms with Crippen LogP contribution in [0.5, 0.6) is 0 Å². The Bertz CT molecular complexity index is 470. The molecule has 2 rings (SSSR count). The highest BCUT2D eigenvalue weighted by Gasteiger charge is 2.22. The van der Waals surface area contributed by atoms with Gasteiger partial charge in [-0.25, -0.2) is 4.39 Å². The van der Waals surface area contributed by atoms with E-state index in [4.69, 9.17) is 15.7 Å². The van der Waals surface area contributed by atoms with Gasteiger partial charge in [-0.1, -0.05) is 0 Å². The molecule has 1 aromatic carbocycles. The summed E-state index contributed by atoms with van der Waals surface area (Å²) in [6.45, 7) is 3.49. The molecule has 4 nitrogen and oxygen atoms in total. The molecule has 5 heteroatoms. The lowest BCUT2D eigenvalue weighted by molar-refractivity contribution is 0.0764. The number of ether oxygens (including phenoxy) is 1. The van der Waals surface area contributed by atoms with Crippen LogP contribution in [0, 0.1) is 17.1 Å². The van der Waals surface area contributed by atoms with Crippen molar-refractivity contribution in [2.45, 2.75) is 19.1 Å².